The molecule has 1 aromatic rings. The Hall–Kier alpha value is -1.26. The van der Waals surface area contributed by atoms with E-state index in [0.29, 0.717) is 13.2 Å². The molecule has 1 aliphatic heterocycles. The SMILES string of the molecule is O[C@H]1CCCC[C@H]1NCc1ccc2c(c1)OCCO2. The molecule has 0 unspecified atom stereocenters. The lowest BCUT2D eigenvalue weighted by molar-refractivity contribution is 0.0902. The molecule has 2 aliphatic rings. The van der Waals surface area contributed by atoms with E-state index >= 15 is 0 Å². The molecule has 3 rings (SSSR count). The van der Waals surface area contributed by atoms with Crippen LogP contribution in [-0.2, 0) is 6.54 Å². The molecule has 1 aromatic carbocycles. The van der Waals surface area contributed by atoms with Gasteiger partial charge in [0.05, 0.1) is 6.10 Å². The lowest BCUT2D eigenvalue weighted by atomic mass is 9.92. The second-order valence-corrected chi connectivity index (χ2v) is 5.32. The number of fused-ring (bicyclic) bond motifs is 1. The number of nitrogens with one attached hydrogen (secondary N) is 1. The molecule has 0 saturated heterocycles. The Kier molecular flexibility index (Phi) is 3.89. The monoisotopic (exact) mass is 263 g/mol. The van der Waals surface area contributed by atoms with Crippen LogP contribution < -0.4 is 14.8 Å². The van der Waals surface area contributed by atoms with Gasteiger partial charge in [-0.25, -0.2) is 0 Å². The summed E-state index contributed by atoms with van der Waals surface area (Å²) in [5, 5.41) is 13.4. The summed E-state index contributed by atoms with van der Waals surface area (Å²) in [6.07, 6.45) is 4.12. The van der Waals surface area contributed by atoms with Crippen molar-refractivity contribution in [2.75, 3.05) is 13.2 Å². The van der Waals surface area contributed by atoms with E-state index in [4.69, 9.17) is 9.47 Å². The van der Waals surface area contributed by atoms with Gasteiger partial charge in [0.15, 0.2) is 11.5 Å². The van der Waals surface area contributed by atoms with Crippen LogP contribution in [0, 0.1) is 0 Å². The first-order chi connectivity index (χ1) is 9.33. The predicted octanol–water partition coefficient (Wildman–Crippen LogP) is 1.85. The van der Waals surface area contributed by atoms with Crippen molar-refractivity contribution in [1.82, 2.24) is 5.32 Å². The highest BCUT2D eigenvalue weighted by Crippen LogP contribution is 2.30. The third-order valence-electron chi connectivity index (χ3n) is 3.90. The summed E-state index contributed by atoms with van der Waals surface area (Å²) in [5.74, 6) is 1.66. The molecule has 0 amide bonds. The van der Waals surface area contributed by atoms with Crippen molar-refractivity contribution < 1.29 is 14.6 Å². The van der Waals surface area contributed by atoms with E-state index in [9.17, 15) is 5.11 Å². The molecule has 0 bridgehead atoms. The number of hydrogen-bond acceptors (Lipinski definition) is 4. The Morgan fingerprint density at radius 1 is 1.11 bits per heavy atom. The number of benzene rings is 1. The van der Waals surface area contributed by atoms with E-state index in [2.05, 4.69) is 11.4 Å². The number of rotatable bonds is 3. The topological polar surface area (TPSA) is 50.7 Å². The van der Waals surface area contributed by atoms with Crippen molar-refractivity contribution in [3.05, 3.63) is 23.8 Å². The summed E-state index contributed by atoms with van der Waals surface area (Å²) in [6, 6.07) is 6.26. The smallest absolute Gasteiger partial charge is 0.161 e. The fourth-order valence-electron chi connectivity index (χ4n) is 2.80. The van der Waals surface area contributed by atoms with E-state index in [0.717, 1.165) is 37.3 Å². The van der Waals surface area contributed by atoms with Crippen molar-refractivity contribution in [3.63, 3.8) is 0 Å². The van der Waals surface area contributed by atoms with Gasteiger partial charge in [-0.15, -0.1) is 0 Å². The van der Waals surface area contributed by atoms with E-state index < -0.39 is 0 Å². The minimum atomic E-state index is -0.203. The minimum absolute atomic E-state index is 0.203. The third kappa shape index (κ3) is 3.01. The maximum atomic E-state index is 9.93. The zero-order valence-electron chi connectivity index (χ0n) is 11.1. The lowest BCUT2D eigenvalue weighted by Crippen LogP contribution is -2.41. The molecule has 4 heteroatoms. The Balaban J connectivity index is 1.60. The van der Waals surface area contributed by atoms with E-state index in [1.54, 1.807) is 0 Å². The summed E-state index contributed by atoms with van der Waals surface area (Å²) >= 11 is 0. The zero-order chi connectivity index (χ0) is 13.1. The van der Waals surface area contributed by atoms with E-state index in [1.807, 2.05) is 12.1 Å². The summed E-state index contributed by atoms with van der Waals surface area (Å²) in [5.41, 5.74) is 1.17. The summed E-state index contributed by atoms with van der Waals surface area (Å²) in [6.45, 7) is 2.00. The highest BCUT2D eigenvalue weighted by Gasteiger charge is 2.22. The van der Waals surface area contributed by atoms with Crippen molar-refractivity contribution >= 4 is 0 Å². The van der Waals surface area contributed by atoms with Crippen LogP contribution in [0.1, 0.15) is 31.2 Å². The van der Waals surface area contributed by atoms with Crippen LogP contribution in [-0.4, -0.2) is 30.5 Å². The highest BCUT2D eigenvalue weighted by atomic mass is 16.6. The largest absolute Gasteiger partial charge is 0.486 e. The average Bonchev–Trinajstić information content (AvgIpc) is 2.46. The van der Waals surface area contributed by atoms with Crippen molar-refractivity contribution in [3.8, 4) is 11.5 Å². The Labute approximate surface area is 113 Å². The normalized spacial score (nSPS) is 26.2. The van der Waals surface area contributed by atoms with Gasteiger partial charge in [0.2, 0.25) is 0 Å². The molecule has 1 aliphatic carbocycles. The lowest BCUT2D eigenvalue weighted by Gasteiger charge is -2.28. The van der Waals surface area contributed by atoms with Crippen LogP contribution in [0.5, 0.6) is 11.5 Å². The molecule has 1 heterocycles. The molecule has 1 fully saturated rings. The molecule has 0 spiro atoms. The van der Waals surface area contributed by atoms with Gasteiger partial charge in [-0.3, -0.25) is 0 Å². The molecular formula is C15H21NO3. The van der Waals surface area contributed by atoms with Crippen LogP contribution >= 0.6 is 0 Å². The predicted molar refractivity (Wildman–Crippen MR) is 72.5 cm³/mol. The fraction of sp³-hybridized carbons (Fsp3) is 0.600. The van der Waals surface area contributed by atoms with Gasteiger partial charge in [-0.2, -0.15) is 0 Å². The van der Waals surface area contributed by atoms with E-state index in [-0.39, 0.29) is 12.1 Å². The molecule has 104 valence electrons. The van der Waals surface area contributed by atoms with Crippen LogP contribution in [0.25, 0.3) is 0 Å². The van der Waals surface area contributed by atoms with Crippen molar-refractivity contribution in [2.45, 2.75) is 44.4 Å². The first-order valence-corrected chi connectivity index (χ1v) is 7.13. The van der Waals surface area contributed by atoms with Crippen molar-refractivity contribution in [2.24, 2.45) is 0 Å². The van der Waals surface area contributed by atoms with Crippen LogP contribution in [0.3, 0.4) is 0 Å². The van der Waals surface area contributed by atoms with Crippen LogP contribution in [0.15, 0.2) is 18.2 Å². The Morgan fingerprint density at radius 2 is 1.89 bits per heavy atom. The quantitative estimate of drug-likeness (QED) is 0.874. The maximum absolute atomic E-state index is 9.93. The summed E-state index contributed by atoms with van der Waals surface area (Å²) in [4.78, 5) is 0. The molecule has 0 aromatic heterocycles. The van der Waals surface area contributed by atoms with Gasteiger partial charge >= 0.3 is 0 Å². The van der Waals surface area contributed by atoms with Gasteiger partial charge in [0.1, 0.15) is 13.2 Å². The number of aliphatic hydroxyl groups is 1. The van der Waals surface area contributed by atoms with Gasteiger partial charge in [0.25, 0.3) is 0 Å². The first kappa shape index (κ1) is 12.8. The molecule has 1 saturated carbocycles. The molecule has 2 N–H and O–H groups in total. The van der Waals surface area contributed by atoms with E-state index in [1.165, 1.54) is 12.0 Å². The summed E-state index contributed by atoms with van der Waals surface area (Å²) < 4.78 is 11.1. The molecule has 2 atom stereocenters. The van der Waals surface area contributed by atoms with Crippen molar-refractivity contribution in [1.29, 1.82) is 0 Å². The third-order valence-corrected chi connectivity index (χ3v) is 3.90. The van der Waals surface area contributed by atoms with Gasteiger partial charge in [-0.1, -0.05) is 18.9 Å². The van der Waals surface area contributed by atoms with Crippen LogP contribution in [0.2, 0.25) is 0 Å². The molecular weight excluding hydrogens is 242 g/mol. The highest BCUT2D eigenvalue weighted by molar-refractivity contribution is 5.43. The second kappa shape index (κ2) is 5.80. The summed E-state index contributed by atoms with van der Waals surface area (Å²) in [7, 11) is 0. The molecule has 4 nitrogen and oxygen atoms in total. The second-order valence-electron chi connectivity index (χ2n) is 5.32. The Morgan fingerprint density at radius 3 is 2.74 bits per heavy atom. The van der Waals surface area contributed by atoms with Crippen LogP contribution in [0.4, 0.5) is 0 Å². The Bertz CT molecular complexity index is 435. The minimum Gasteiger partial charge on any atom is -0.486 e. The molecule has 0 radical (unpaired) electrons. The molecule has 19 heavy (non-hydrogen) atoms. The van der Waals surface area contributed by atoms with Gasteiger partial charge < -0.3 is 19.9 Å². The average molecular weight is 263 g/mol. The zero-order valence-corrected chi connectivity index (χ0v) is 11.1. The number of aliphatic hydroxyl groups excluding tert-OH is 1. The number of hydrogen-bond donors (Lipinski definition) is 2. The maximum Gasteiger partial charge on any atom is 0.161 e. The fourth-order valence-corrected chi connectivity index (χ4v) is 2.80. The number of ether oxygens (including phenoxy) is 2. The van der Waals surface area contributed by atoms with Gasteiger partial charge in [-0.05, 0) is 30.5 Å². The van der Waals surface area contributed by atoms with Gasteiger partial charge in [0, 0.05) is 12.6 Å². The first-order valence-electron chi connectivity index (χ1n) is 7.13. The standard InChI is InChI=1S/C15H21NO3/c17-13-4-2-1-3-12(13)16-10-11-5-6-14-15(9-11)19-8-7-18-14/h5-6,9,12-13,16-17H,1-4,7-8,10H2/t12-,13+/m1/s1.